The molecule has 0 saturated carbocycles. The average Bonchev–Trinajstić information content (AvgIpc) is 3.37. The van der Waals surface area contributed by atoms with Crippen LogP contribution < -0.4 is 5.01 Å². The predicted octanol–water partition coefficient (Wildman–Crippen LogP) is 6.60. The number of carbonyl (C=O) groups excluding carboxylic acids is 1. The molecule has 1 amide bonds. The van der Waals surface area contributed by atoms with E-state index in [0.717, 1.165) is 26.5 Å². The van der Waals surface area contributed by atoms with Gasteiger partial charge in [0.05, 0.1) is 17.1 Å². The quantitative estimate of drug-likeness (QED) is 0.303. The van der Waals surface area contributed by atoms with Gasteiger partial charge >= 0.3 is 0 Å². The lowest BCUT2D eigenvalue weighted by Crippen LogP contribution is -2.29. The highest BCUT2D eigenvalue weighted by Gasteiger charge is 2.36. The first-order valence-corrected chi connectivity index (χ1v) is 11.3. The molecule has 0 spiro atoms. The van der Waals surface area contributed by atoms with Crippen molar-refractivity contribution in [2.24, 2.45) is 15.3 Å². The Labute approximate surface area is 191 Å². The number of benzene rings is 3. The predicted molar refractivity (Wildman–Crippen MR) is 128 cm³/mol. The molecule has 0 unspecified atom stereocenters. The van der Waals surface area contributed by atoms with Crippen LogP contribution in [-0.4, -0.2) is 22.6 Å². The standard InChI is InChI=1S/C23H16BrN5OS/c1-14-21(27-26-19-11-8-15-4-2-3-5-17(15)12-19)22(30)29(28-14)23-25-20(13-31-23)16-6-9-18(24)10-7-16/h2-13,21H,1H3/t21-/m1/s1. The van der Waals surface area contributed by atoms with Crippen molar-refractivity contribution in [3.05, 3.63) is 76.6 Å². The van der Waals surface area contributed by atoms with E-state index in [4.69, 9.17) is 0 Å². The number of carbonyl (C=O) groups is 1. The molecule has 2 heterocycles. The molecule has 0 saturated heterocycles. The Hall–Kier alpha value is -3.23. The number of thiazole rings is 1. The van der Waals surface area contributed by atoms with Gasteiger partial charge in [0, 0.05) is 15.4 Å². The molecule has 1 atom stereocenters. The first-order chi connectivity index (χ1) is 15.1. The van der Waals surface area contributed by atoms with Gasteiger partial charge in [-0.3, -0.25) is 4.79 Å². The lowest BCUT2D eigenvalue weighted by atomic mass is 10.1. The third-order valence-electron chi connectivity index (χ3n) is 4.93. The fourth-order valence-electron chi connectivity index (χ4n) is 3.30. The van der Waals surface area contributed by atoms with Crippen LogP contribution in [0.4, 0.5) is 10.8 Å². The maximum atomic E-state index is 13.0. The Morgan fingerprint density at radius 3 is 2.61 bits per heavy atom. The van der Waals surface area contributed by atoms with Crippen molar-refractivity contribution in [1.29, 1.82) is 0 Å². The monoisotopic (exact) mass is 489 g/mol. The van der Waals surface area contributed by atoms with E-state index in [1.165, 1.54) is 16.3 Å². The average molecular weight is 490 g/mol. The Bertz CT molecular complexity index is 1350. The molecule has 5 rings (SSSR count). The fourth-order valence-corrected chi connectivity index (χ4v) is 4.36. The van der Waals surface area contributed by atoms with Crippen LogP contribution in [0.5, 0.6) is 0 Å². The largest absolute Gasteiger partial charge is 0.282 e. The van der Waals surface area contributed by atoms with Crippen LogP contribution in [-0.2, 0) is 4.79 Å². The fraction of sp³-hybridized carbons (Fsp3) is 0.0870. The zero-order chi connectivity index (χ0) is 21.4. The van der Waals surface area contributed by atoms with Crippen LogP contribution in [0, 0.1) is 0 Å². The van der Waals surface area contributed by atoms with Crippen LogP contribution in [0.3, 0.4) is 0 Å². The SMILES string of the molecule is CC1=NN(c2nc(-c3ccc(Br)cc3)cs2)C(=O)[C@@H]1N=Nc1ccc2ccccc2c1. The number of hydrogen-bond acceptors (Lipinski definition) is 6. The molecule has 0 N–H and O–H groups in total. The Morgan fingerprint density at radius 2 is 1.81 bits per heavy atom. The van der Waals surface area contributed by atoms with Gasteiger partial charge in [0.2, 0.25) is 5.13 Å². The lowest BCUT2D eigenvalue weighted by molar-refractivity contribution is -0.117. The summed E-state index contributed by atoms with van der Waals surface area (Å²) in [7, 11) is 0. The van der Waals surface area contributed by atoms with Crippen molar-refractivity contribution in [1.82, 2.24) is 4.98 Å². The molecule has 0 fully saturated rings. The number of anilines is 1. The number of aromatic nitrogens is 1. The van der Waals surface area contributed by atoms with E-state index in [-0.39, 0.29) is 5.91 Å². The molecular formula is C23H16BrN5OS. The van der Waals surface area contributed by atoms with Crippen LogP contribution in [0.2, 0.25) is 0 Å². The molecule has 4 aromatic rings. The maximum absolute atomic E-state index is 13.0. The minimum absolute atomic E-state index is 0.251. The Morgan fingerprint density at radius 1 is 1.03 bits per heavy atom. The minimum Gasteiger partial charge on any atom is -0.269 e. The van der Waals surface area contributed by atoms with Crippen LogP contribution in [0.15, 0.2) is 91.9 Å². The summed E-state index contributed by atoms with van der Waals surface area (Å²) in [6, 6.07) is 21.0. The molecule has 3 aromatic carbocycles. The van der Waals surface area contributed by atoms with Crippen molar-refractivity contribution in [2.45, 2.75) is 13.0 Å². The molecule has 1 aromatic heterocycles. The second-order valence-corrected chi connectivity index (χ2v) is 8.82. The number of fused-ring (bicyclic) bond motifs is 1. The first-order valence-electron chi connectivity index (χ1n) is 9.59. The zero-order valence-electron chi connectivity index (χ0n) is 16.4. The van der Waals surface area contributed by atoms with E-state index in [9.17, 15) is 4.79 Å². The second kappa shape index (κ2) is 8.13. The van der Waals surface area contributed by atoms with Crippen molar-refractivity contribution < 1.29 is 4.79 Å². The highest BCUT2D eigenvalue weighted by Crippen LogP contribution is 2.31. The van der Waals surface area contributed by atoms with Crippen molar-refractivity contribution in [3.63, 3.8) is 0 Å². The van der Waals surface area contributed by atoms with Gasteiger partial charge < -0.3 is 0 Å². The number of halogens is 1. The third-order valence-corrected chi connectivity index (χ3v) is 6.28. The summed E-state index contributed by atoms with van der Waals surface area (Å²) in [5, 5.41) is 19.0. The van der Waals surface area contributed by atoms with Gasteiger partial charge in [0.25, 0.3) is 5.91 Å². The molecular weight excluding hydrogens is 474 g/mol. The summed E-state index contributed by atoms with van der Waals surface area (Å²) in [6.45, 7) is 1.78. The van der Waals surface area contributed by atoms with Crippen LogP contribution in [0.1, 0.15) is 6.92 Å². The summed E-state index contributed by atoms with van der Waals surface area (Å²) in [4.78, 5) is 17.6. The number of azo groups is 1. The smallest absolute Gasteiger partial charge is 0.269 e. The van der Waals surface area contributed by atoms with E-state index in [2.05, 4.69) is 36.2 Å². The van der Waals surface area contributed by atoms with E-state index in [1.807, 2.05) is 72.1 Å². The molecule has 1 aliphatic rings. The number of rotatable bonds is 4. The normalized spacial score (nSPS) is 16.5. The summed E-state index contributed by atoms with van der Waals surface area (Å²) in [6.07, 6.45) is 0. The Balaban J connectivity index is 1.36. The number of hydrogen-bond donors (Lipinski definition) is 0. The number of hydrazone groups is 1. The minimum atomic E-state index is -0.744. The van der Waals surface area contributed by atoms with E-state index in [1.54, 1.807) is 6.92 Å². The molecule has 0 aliphatic carbocycles. The van der Waals surface area contributed by atoms with Crippen LogP contribution in [0.25, 0.3) is 22.0 Å². The molecule has 6 nitrogen and oxygen atoms in total. The van der Waals surface area contributed by atoms with Gasteiger partial charge in [0.1, 0.15) is 0 Å². The maximum Gasteiger partial charge on any atom is 0.282 e. The topological polar surface area (TPSA) is 70.3 Å². The van der Waals surface area contributed by atoms with Gasteiger partial charge in [-0.25, -0.2) is 4.98 Å². The van der Waals surface area contributed by atoms with Crippen molar-refractivity contribution in [2.75, 3.05) is 5.01 Å². The molecule has 0 radical (unpaired) electrons. The second-order valence-electron chi connectivity index (χ2n) is 7.06. The third kappa shape index (κ3) is 3.92. The van der Waals surface area contributed by atoms with E-state index in [0.29, 0.717) is 16.5 Å². The van der Waals surface area contributed by atoms with E-state index < -0.39 is 6.04 Å². The number of nitrogens with zero attached hydrogens (tertiary/aromatic N) is 5. The Kier molecular flexibility index (Phi) is 5.17. The molecule has 1 aliphatic heterocycles. The van der Waals surface area contributed by atoms with Gasteiger partial charge in [0.15, 0.2) is 6.04 Å². The summed E-state index contributed by atoms with van der Waals surface area (Å²) < 4.78 is 1.00. The van der Waals surface area contributed by atoms with Gasteiger partial charge in [-0.2, -0.15) is 20.3 Å². The number of amides is 1. The van der Waals surface area contributed by atoms with Gasteiger partial charge in [-0.15, -0.1) is 11.3 Å². The van der Waals surface area contributed by atoms with Gasteiger partial charge in [-0.1, -0.05) is 58.4 Å². The van der Waals surface area contributed by atoms with Gasteiger partial charge in [-0.05, 0) is 42.0 Å². The highest BCUT2D eigenvalue weighted by atomic mass is 79.9. The molecule has 8 heteroatoms. The first kappa shape index (κ1) is 19.7. The summed E-state index contributed by atoms with van der Waals surface area (Å²) in [5.74, 6) is -0.251. The molecule has 152 valence electrons. The zero-order valence-corrected chi connectivity index (χ0v) is 18.8. The molecule has 31 heavy (non-hydrogen) atoms. The lowest BCUT2D eigenvalue weighted by Gasteiger charge is -2.08. The summed E-state index contributed by atoms with van der Waals surface area (Å²) >= 11 is 4.81. The van der Waals surface area contributed by atoms with Crippen molar-refractivity contribution >= 4 is 60.5 Å². The highest BCUT2D eigenvalue weighted by molar-refractivity contribution is 9.10. The molecule has 0 bridgehead atoms. The van der Waals surface area contributed by atoms with E-state index >= 15 is 0 Å². The van der Waals surface area contributed by atoms with Crippen molar-refractivity contribution in [3.8, 4) is 11.3 Å². The summed E-state index contributed by atoms with van der Waals surface area (Å²) in [5.41, 5.74) is 3.07. The van der Waals surface area contributed by atoms with Crippen LogP contribution >= 0.6 is 27.3 Å².